The van der Waals surface area contributed by atoms with Crippen LogP contribution in [-0.4, -0.2) is 60.9 Å². The van der Waals surface area contributed by atoms with Gasteiger partial charge in [0.15, 0.2) is 17.3 Å². The molecule has 12 heteroatoms. The molecule has 1 fully saturated rings. The topological polar surface area (TPSA) is 204 Å². The summed E-state index contributed by atoms with van der Waals surface area (Å²) >= 11 is 0. The lowest BCUT2D eigenvalue weighted by molar-refractivity contribution is -0.166. The number of fused-ring (bicyclic) bond motifs is 2. The minimum Gasteiger partial charge on any atom is -0.508 e. The second-order valence-corrected chi connectivity index (χ2v) is 14.9. The van der Waals surface area contributed by atoms with Gasteiger partial charge in [0.05, 0.1) is 17.9 Å². The Labute approximate surface area is 301 Å². The molecule has 2 heterocycles. The first-order chi connectivity index (χ1) is 24.5. The molecule has 3 aromatic rings. The maximum absolute atomic E-state index is 12.9. The van der Waals surface area contributed by atoms with E-state index in [0.717, 1.165) is 49.9 Å². The summed E-state index contributed by atoms with van der Waals surface area (Å²) in [5, 5.41) is 57.6. The smallest absolute Gasteiger partial charge is 0.311 e. The van der Waals surface area contributed by atoms with Crippen molar-refractivity contribution in [1.82, 2.24) is 0 Å². The first-order valence-electron chi connectivity index (χ1n) is 17.7. The maximum Gasteiger partial charge on any atom is 0.311 e. The van der Waals surface area contributed by atoms with Gasteiger partial charge in [-0.1, -0.05) is 39.0 Å². The summed E-state index contributed by atoms with van der Waals surface area (Å²) in [4.78, 5) is 36.7. The van der Waals surface area contributed by atoms with Crippen LogP contribution in [0.25, 0.3) is 22.3 Å². The second-order valence-electron chi connectivity index (χ2n) is 14.9. The van der Waals surface area contributed by atoms with Crippen molar-refractivity contribution in [3.63, 3.8) is 0 Å². The predicted molar refractivity (Wildman–Crippen MR) is 192 cm³/mol. The Balaban J connectivity index is 0.000000210. The summed E-state index contributed by atoms with van der Waals surface area (Å²) in [6.07, 6.45) is 9.61. The molecule has 1 aromatic heterocycles. The number of carbonyl (C=O) groups is 2. The quantitative estimate of drug-likeness (QED) is 0.113. The summed E-state index contributed by atoms with van der Waals surface area (Å²) in [5.41, 5.74) is -0.105. The monoisotopic (exact) mass is 720 g/mol. The van der Waals surface area contributed by atoms with Crippen LogP contribution in [0.2, 0.25) is 0 Å². The number of rotatable bonds is 7. The van der Waals surface area contributed by atoms with Gasteiger partial charge in [-0.2, -0.15) is 0 Å². The van der Waals surface area contributed by atoms with E-state index in [2.05, 4.69) is 32.1 Å². The van der Waals surface area contributed by atoms with Crippen molar-refractivity contribution in [2.75, 3.05) is 0 Å². The molecular weight excluding hydrogens is 672 g/mol. The maximum atomic E-state index is 12.9. The highest BCUT2D eigenvalue weighted by Crippen LogP contribution is 2.46. The SMILES string of the molecule is CCC(C)(C)C(=O)O[C@H]1C[C@@H](C)C=C2C=C[C@H](C)[C@H](CC[C@@H]3C[C@@H](O)CC(=O)O3)[C@H]21.O=c1c(O)c(-c2ccc(O)c(O)c2)oc2cc(O)cc(O)c12. The van der Waals surface area contributed by atoms with Crippen LogP contribution in [-0.2, 0) is 19.1 Å². The van der Waals surface area contributed by atoms with Crippen molar-refractivity contribution in [3.05, 3.63) is 64.4 Å². The van der Waals surface area contributed by atoms with E-state index in [-0.39, 0.29) is 70.3 Å². The van der Waals surface area contributed by atoms with Crippen LogP contribution in [0.4, 0.5) is 0 Å². The molecule has 1 saturated heterocycles. The highest BCUT2D eigenvalue weighted by atomic mass is 16.6. The molecule has 0 amide bonds. The number of phenolic OH excluding ortho intramolecular Hbond substituents is 4. The standard InChI is InChI=1S/C25H38O5.C15H10O7/c1-6-25(4,5)24(28)30-21-12-15(2)11-17-8-7-16(3)20(23(17)21)10-9-19-13-18(26)14-22(27)29-19;16-7-4-10(19)12-11(5-7)22-15(14(21)13(12)20)6-1-2-8(17)9(18)3-6/h7-8,11,15-16,18-21,23,26H,6,9-10,12-14H2,1-5H3;1-5,16-19,21H/t15-,16-,18+,19+,20-,21-,23-;/m0./s1. The Hall–Kier alpha value is -4.97. The molecule has 12 nitrogen and oxygen atoms in total. The number of phenols is 4. The van der Waals surface area contributed by atoms with Crippen LogP contribution in [0.3, 0.4) is 0 Å². The van der Waals surface area contributed by atoms with Crippen molar-refractivity contribution in [2.45, 2.75) is 91.5 Å². The molecule has 0 radical (unpaired) electrons. The minimum atomic E-state index is -0.888. The van der Waals surface area contributed by atoms with Crippen LogP contribution in [0.1, 0.15) is 73.1 Å². The summed E-state index contributed by atoms with van der Waals surface area (Å²) in [7, 11) is 0. The van der Waals surface area contributed by atoms with Gasteiger partial charge in [0.1, 0.15) is 34.7 Å². The predicted octanol–water partition coefficient (Wildman–Crippen LogP) is 6.57. The molecule has 0 saturated carbocycles. The third-order valence-electron chi connectivity index (χ3n) is 10.5. The Morgan fingerprint density at radius 2 is 1.69 bits per heavy atom. The van der Waals surface area contributed by atoms with E-state index in [1.165, 1.54) is 11.6 Å². The van der Waals surface area contributed by atoms with Gasteiger partial charge in [-0.15, -0.1) is 0 Å². The number of hydrogen-bond donors (Lipinski definition) is 6. The van der Waals surface area contributed by atoms with Crippen molar-refractivity contribution in [1.29, 1.82) is 0 Å². The van der Waals surface area contributed by atoms with Crippen molar-refractivity contribution in [2.24, 2.45) is 29.1 Å². The largest absolute Gasteiger partial charge is 0.508 e. The van der Waals surface area contributed by atoms with Crippen LogP contribution >= 0.6 is 0 Å². The van der Waals surface area contributed by atoms with Crippen LogP contribution in [0.15, 0.2) is 63.3 Å². The highest BCUT2D eigenvalue weighted by Gasteiger charge is 2.43. The number of ether oxygens (including phenoxy) is 2. The van der Waals surface area contributed by atoms with Gasteiger partial charge in [-0.3, -0.25) is 14.4 Å². The molecular formula is C40H48O12. The fourth-order valence-corrected chi connectivity index (χ4v) is 7.21. The highest BCUT2D eigenvalue weighted by molar-refractivity contribution is 5.88. The van der Waals surface area contributed by atoms with Gasteiger partial charge in [0.2, 0.25) is 11.2 Å². The van der Waals surface area contributed by atoms with Gasteiger partial charge in [0.25, 0.3) is 0 Å². The molecule has 6 N–H and O–H groups in total. The summed E-state index contributed by atoms with van der Waals surface area (Å²) < 4.78 is 17.0. The number of cyclic esters (lactones) is 1. The Kier molecular flexibility index (Phi) is 11.3. The molecule has 7 atom stereocenters. The molecule has 6 rings (SSSR count). The third-order valence-corrected chi connectivity index (χ3v) is 10.5. The molecule has 0 bridgehead atoms. The Morgan fingerprint density at radius 1 is 0.962 bits per heavy atom. The fraction of sp³-hybridized carbons (Fsp3) is 0.475. The van der Waals surface area contributed by atoms with E-state index < -0.39 is 34.2 Å². The van der Waals surface area contributed by atoms with Gasteiger partial charge in [-0.05, 0) is 81.1 Å². The molecule has 0 unspecified atom stereocenters. The molecule has 280 valence electrons. The van der Waals surface area contributed by atoms with E-state index >= 15 is 0 Å². The lowest BCUT2D eigenvalue weighted by Crippen LogP contribution is -2.43. The number of hydrogen-bond acceptors (Lipinski definition) is 12. The van der Waals surface area contributed by atoms with Crippen molar-refractivity contribution < 1.29 is 54.1 Å². The van der Waals surface area contributed by atoms with E-state index in [0.29, 0.717) is 24.2 Å². The molecule has 1 aliphatic heterocycles. The minimum absolute atomic E-state index is 0.0949. The van der Waals surface area contributed by atoms with Gasteiger partial charge in [-0.25, -0.2) is 0 Å². The number of allylic oxidation sites excluding steroid dienone is 3. The molecule has 2 aliphatic carbocycles. The lowest BCUT2D eigenvalue weighted by atomic mass is 9.65. The average Bonchev–Trinajstić information content (AvgIpc) is 3.06. The summed E-state index contributed by atoms with van der Waals surface area (Å²) in [5.74, 6) is -1.94. The zero-order chi connectivity index (χ0) is 38.1. The number of aromatic hydroxyl groups is 5. The summed E-state index contributed by atoms with van der Waals surface area (Å²) in [6, 6.07) is 5.64. The van der Waals surface area contributed by atoms with E-state index in [1.807, 2.05) is 20.8 Å². The van der Waals surface area contributed by atoms with Crippen molar-refractivity contribution >= 4 is 22.9 Å². The number of benzene rings is 2. The normalized spacial score (nSPS) is 25.7. The zero-order valence-corrected chi connectivity index (χ0v) is 30.0. The Bertz CT molecular complexity index is 1940. The van der Waals surface area contributed by atoms with Gasteiger partial charge < -0.3 is 44.5 Å². The molecule has 52 heavy (non-hydrogen) atoms. The van der Waals surface area contributed by atoms with E-state index in [4.69, 9.17) is 13.9 Å². The first kappa shape index (κ1) is 38.3. The van der Waals surface area contributed by atoms with Crippen LogP contribution in [0.5, 0.6) is 28.7 Å². The number of aliphatic hydroxyl groups excluding tert-OH is 1. The van der Waals surface area contributed by atoms with E-state index in [9.17, 15) is 45.0 Å². The molecule has 2 aromatic carbocycles. The molecule has 0 spiro atoms. The van der Waals surface area contributed by atoms with Crippen LogP contribution in [0, 0.1) is 29.1 Å². The lowest BCUT2D eigenvalue weighted by Gasteiger charge is -2.44. The molecule has 3 aliphatic rings. The summed E-state index contributed by atoms with van der Waals surface area (Å²) in [6.45, 7) is 10.3. The Morgan fingerprint density at radius 3 is 2.37 bits per heavy atom. The van der Waals surface area contributed by atoms with Crippen molar-refractivity contribution in [3.8, 4) is 40.1 Å². The van der Waals surface area contributed by atoms with E-state index in [1.54, 1.807) is 0 Å². The number of carbonyl (C=O) groups excluding carboxylic acids is 2. The second kappa shape index (κ2) is 15.3. The zero-order valence-electron chi connectivity index (χ0n) is 30.0. The number of aliphatic hydroxyl groups is 1. The average molecular weight is 721 g/mol. The first-order valence-corrected chi connectivity index (χ1v) is 17.7. The number of esters is 2. The van der Waals surface area contributed by atoms with Gasteiger partial charge in [0, 0.05) is 30.0 Å². The van der Waals surface area contributed by atoms with Crippen LogP contribution < -0.4 is 5.43 Å². The third kappa shape index (κ3) is 8.22. The fourth-order valence-electron chi connectivity index (χ4n) is 7.21. The van der Waals surface area contributed by atoms with Gasteiger partial charge >= 0.3 is 11.9 Å².